The third-order valence-corrected chi connectivity index (χ3v) is 5.74. The maximum atomic E-state index is 14.3. The molecule has 0 spiro atoms. The molecule has 0 radical (unpaired) electrons. The van der Waals surface area contributed by atoms with Crippen LogP contribution in [0, 0.1) is 30.3 Å². The van der Waals surface area contributed by atoms with Crippen LogP contribution in [-0.2, 0) is 0 Å². The monoisotopic (exact) mass is 527 g/mol. The smallest absolute Gasteiger partial charge is 0.200 e. The highest BCUT2D eigenvalue weighted by Gasteiger charge is 2.22. The second-order valence-corrected chi connectivity index (χ2v) is 9.09. The molecule has 0 unspecified atom stereocenters. The van der Waals surface area contributed by atoms with Crippen LogP contribution < -0.4 is 11.1 Å². The van der Waals surface area contributed by atoms with Gasteiger partial charge in [-0.15, -0.1) is 12.6 Å². The van der Waals surface area contributed by atoms with E-state index in [1.165, 1.54) is 18.3 Å². The van der Waals surface area contributed by atoms with E-state index in [4.69, 9.17) is 5.73 Å². The maximum absolute atomic E-state index is 14.3. The predicted molar refractivity (Wildman–Crippen MR) is 144 cm³/mol. The van der Waals surface area contributed by atoms with E-state index < -0.39 is 23.0 Å². The van der Waals surface area contributed by atoms with Gasteiger partial charge in [0.25, 0.3) is 0 Å². The molecule has 0 atom stereocenters. The van der Waals surface area contributed by atoms with Gasteiger partial charge >= 0.3 is 0 Å². The Morgan fingerprint density at radius 1 is 1.08 bits per heavy atom. The zero-order chi connectivity index (χ0) is 27.1. The number of benzene rings is 2. The Kier molecular flexibility index (Phi) is 9.24. The predicted octanol–water partition coefficient (Wildman–Crippen LogP) is 5.98. The summed E-state index contributed by atoms with van der Waals surface area (Å²) in [6, 6.07) is 9.94. The lowest BCUT2D eigenvalue weighted by Gasteiger charge is -2.17. The summed E-state index contributed by atoms with van der Waals surface area (Å²) in [4.78, 5) is 18.1. The number of rotatable bonds is 4. The minimum absolute atomic E-state index is 0.113. The molecule has 0 saturated heterocycles. The molecular formula is C27H28F3N5OS. The summed E-state index contributed by atoms with van der Waals surface area (Å²) in [6.45, 7) is 6.27. The molecule has 3 aromatic rings. The quantitative estimate of drug-likeness (QED) is 0.164. The Morgan fingerprint density at radius 2 is 1.81 bits per heavy atom. The molecule has 6 nitrogen and oxygen atoms in total. The number of aryl methyl sites for hydroxylation is 1. The van der Waals surface area contributed by atoms with Crippen LogP contribution in [0.1, 0.15) is 40.9 Å². The fourth-order valence-electron chi connectivity index (χ4n) is 3.46. The van der Waals surface area contributed by atoms with Gasteiger partial charge in [0.1, 0.15) is 17.5 Å². The van der Waals surface area contributed by atoms with Crippen molar-refractivity contribution in [3.63, 3.8) is 0 Å². The van der Waals surface area contributed by atoms with Crippen molar-refractivity contribution in [3.8, 4) is 0 Å². The number of amidine groups is 1. The van der Waals surface area contributed by atoms with Gasteiger partial charge in [0, 0.05) is 35.0 Å². The average molecular weight is 528 g/mol. The number of carbonyl (C=O) groups excluding carboxylic acids is 1. The molecule has 194 valence electrons. The highest BCUT2D eigenvalue weighted by Crippen LogP contribution is 2.24. The van der Waals surface area contributed by atoms with Gasteiger partial charge in [0.05, 0.1) is 17.8 Å². The molecule has 0 amide bonds. The minimum atomic E-state index is -1.07. The molecular weight excluding hydrogens is 499 g/mol. The van der Waals surface area contributed by atoms with E-state index in [1.54, 1.807) is 31.3 Å². The molecule has 0 bridgehead atoms. The van der Waals surface area contributed by atoms with E-state index in [2.05, 4.69) is 33.1 Å². The SMILES string of the molecule is Cc1cc(C2=CNC(C(C)C)=NC2)c[nH][nH]cc1C(=O)c1c(F)ccc(N)c1F.Fc1cccc(S)c1. The highest BCUT2D eigenvalue weighted by atomic mass is 32.1. The maximum Gasteiger partial charge on any atom is 0.200 e. The number of halogens is 3. The number of nitrogen functional groups attached to an aromatic ring is 1. The molecule has 1 aliphatic heterocycles. The van der Waals surface area contributed by atoms with Gasteiger partial charge in [0.15, 0.2) is 5.82 Å². The standard InChI is InChI=1S/C21H23F2N5O.C6H5FS/c1-11(2)21-25-7-14(8-26-21)13-6-12(3)15(10-28-27-9-13)20(29)18-16(22)4-5-17(24)19(18)23;7-5-2-1-3-6(8)4-5/h4-7,9-11,27-28H,8,24H2,1-3H3,(H,25,26);1-4,8H. The van der Waals surface area contributed by atoms with Crippen molar-refractivity contribution in [1.29, 1.82) is 0 Å². The van der Waals surface area contributed by atoms with Crippen molar-refractivity contribution in [3.05, 3.63) is 101 Å². The molecule has 2 aromatic carbocycles. The number of aromatic amines is 2. The van der Waals surface area contributed by atoms with Gasteiger partial charge in [-0.1, -0.05) is 19.9 Å². The van der Waals surface area contributed by atoms with Crippen LogP contribution in [0.5, 0.6) is 0 Å². The van der Waals surface area contributed by atoms with E-state index in [0.717, 1.165) is 29.1 Å². The normalized spacial score (nSPS) is 12.5. The second-order valence-electron chi connectivity index (χ2n) is 8.58. The summed E-state index contributed by atoms with van der Waals surface area (Å²) >= 11 is 3.91. The van der Waals surface area contributed by atoms with Crippen molar-refractivity contribution in [1.82, 2.24) is 15.5 Å². The first-order valence-electron chi connectivity index (χ1n) is 11.4. The number of nitrogens with zero attached hydrogens (tertiary/aromatic N) is 1. The number of carbonyl (C=O) groups is 1. The van der Waals surface area contributed by atoms with Crippen LogP contribution in [0.25, 0.3) is 5.57 Å². The van der Waals surface area contributed by atoms with Crippen molar-refractivity contribution in [2.24, 2.45) is 10.9 Å². The van der Waals surface area contributed by atoms with Gasteiger partial charge < -0.3 is 21.2 Å². The Bertz CT molecular complexity index is 1390. The molecule has 1 aliphatic rings. The van der Waals surface area contributed by atoms with Crippen molar-refractivity contribution in [2.45, 2.75) is 25.7 Å². The Labute approximate surface area is 218 Å². The molecule has 0 aliphatic carbocycles. The number of nitrogens with one attached hydrogen (secondary N) is 3. The zero-order valence-corrected chi connectivity index (χ0v) is 21.5. The van der Waals surface area contributed by atoms with E-state index in [-0.39, 0.29) is 23.0 Å². The van der Waals surface area contributed by atoms with E-state index in [1.807, 2.05) is 20.0 Å². The number of hydrogen-bond donors (Lipinski definition) is 5. The zero-order valence-electron chi connectivity index (χ0n) is 20.6. The van der Waals surface area contributed by atoms with Gasteiger partial charge in [-0.25, -0.2) is 13.2 Å². The molecule has 37 heavy (non-hydrogen) atoms. The van der Waals surface area contributed by atoms with E-state index in [0.29, 0.717) is 17.0 Å². The summed E-state index contributed by atoms with van der Waals surface area (Å²) in [5, 5.41) is 8.78. The lowest BCUT2D eigenvalue weighted by atomic mass is 9.98. The first-order valence-corrected chi connectivity index (χ1v) is 11.9. The summed E-state index contributed by atoms with van der Waals surface area (Å²) in [5.41, 5.74) is 6.87. The fraction of sp³-hybridized carbons (Fsp3) is 0.185. The Morgan fingerprint density at radius 3 is 2.41 bits per heavy atom. The van der Waals surface area contributed by atoms with Crippen LogP contribution in [0.4, 0.5) is 18.9 Å². The second kappa shape index (κ2) is 12.4. The third kappa shape index (κ3) is 7.07. The Hall–Kier alpha value is -3.92. The first kappa shape index (κ1) is 27.7. The van der Waals surface area contributed by atoms with Crippen molar-refractivity contribution in [2.75, 3.05) is 12.3 Å². The number of nitrogens with two attached hydrogens (primary N) is 1. The largest absolute Gasteiger partial charge is 0.396 e. The number of thiol groups is 1. The highest BCUT2D eigenvalue weighted by molar-refractivity contribution is 7.80. The molecule has 10 heteroatoms. The lowest BCUT2D eigenvalue weighted by molar-refractivity contribution is 0.103. The van der Waals surface area contributed by atoms with Gasteiger partial charge in [-0.05, 0) is 60.0 Å². The van der Waals surface area contributed by atoms with Gasteiger partial charge in [-0.2, -0.15) is 0 Å². The molecule has 1 aromatic heterocycles. The summed E-state index contributed by atoms with van der Waals surface area (Å²) < 4.78 is 40.6. The number of anilines is 1. The molecule has 5 N–H and O–H groups in total. The van der Waals surface area contributed by atoms with Crippen molar-refractivity contribution >= 4 is 35.5 Å². The molecule has 4 rings (SSSR count). The van der Waals surface area contributed by atoms with Gasteiger partial charge in [-0.3, -0.25) is 9.79 Å². The number of H-pyrrole nitrogens is 2. The summed E-state index contributed by atoms with van der Waals surface area (Å²) in [7, 11) is 0. The van der Waals surface area contributed by atoms with Crippen LogP contribution in [0.15, 0.2) is 70.9 Å². The average Bonchev–Trinajstić information content (AvgIpc) is 2.84. The molecule has 2 heterocycles. The topological polar surface area (TPSA) is 99.1 Å². The van der Waals surface area contributed by atoms with Crippen molar-refractivity contribution < 1.29 is 18.0 Å². The summed E-state index contributed by atoms with van der Waals surface area (Å²) in [6.07, 6.45) is 4.96. The number of aliphatic imine (C=N–C) groups is 1. The van der Waals surface area contributed by atoms with Crippen LogP contribution in [-0.4, -0.2) is 28.4 Å². The first-order chi connectivity index (χ1) is 17.6. The Balaban J connectivity index is 0.000000405. The summed E-state index contributed by atoms with van der Waals surface area (Å²) in [5.74, 6) is -1.88. The number of hydrogen-bond acceptors (Lipinski definition) is 5. The van der Waals surface area contributed by atoms with Crippen LogP contribution in [0.2, 0.25) is 0 Å². The number of aromatic nitrogens is 2. The third-order valence-electron chi connectivity index (χ3n) is 5.46. The van der Waals surface area contributed by atoms with E-state index >= 15 is 0 Å². The minimum Gasteiger partial charge on any atom is -0.396 e. The molecule has 0 saturated carbocycles. The lowest BCUT2D eigenvalue weighted by Crippen LogP contribution is -2.27. The van der Waals surface area contributed by atoms with E-state index in [9.17, 15) is 18.0 Å². The van der Waals surface area contributed by atoms with Crippen LogP contribution >= 0.6 is 12.6 Å². The number of ketones is 1. The van der Waals surface area contributed by atoms with Gasteiger partial charge in [0.2, 0.25) is 5.78 Å². The van der Waals surface area contributed by atoms with Crippen LogP contribution in [0.3, 0.4) is 0 Å². The molecule has 0 fully saturated rings. The fourth-order valence-corrected chi connectivity index (χ4v) is 3.67.